The van der Waals surface area contributed by atoms with Crippen LogP contribution in [-0.2, 0) is 9.47 Å². The molecule has 0 fully saturated rings. The maximum Gasteiger partial charge on any atom is 0.339 e. The monoisotopic (exact) mass is 282 g/mol. The van der Waals surface area contributed by atoms with Crippen LogP contribution in [0, 0.1) is 5.92 Å². The molecule has 0 heterocycles. The molecule has 1 aromatic rings. The summed E-state index contributed by atoms with van der Waals surface area (Å²) < 4.78 is 16.1. The number of ether oxygens (including phenoxy) is 3. The Hall–Kier alpha value is -1.59. The van der Waals surface area contributed by atoms with E-state index in [0.717, 1.165) is 6.61 Å². The summed E-state index contributed by atoms with van der Waals surface area (Å²) in [4.78, 5) is 11.0. The molecule has 5 nitrogen and oxygen atoms in total. The first-order chi connectivity index (χ1) is 9.61. The second-order valence-corrected chi connectivity index (χ2v) is 4.73. The molecule has 0 amide bonds. The molecule has 0 radical (unpaired) electrons. The van der Waals surface area contributed by atoms with E-state index in [-0.39, 0.29) is 5.56 Å². The third-order valence-electron chi connectivity index (χ3n) is 2.43. The molecule has 1 rings (SSSR count). The van der Waals surface area contributed by atoms with Crippen LogP contribution in [0.15, 0.2) is 24.3 Å². The summed E-state index contributed by atoms with van der Waals surface area (Å²) in [6.45, 7) is 6.70. The topological polar surface area (TPSA) is 65.0 Å². The molecule has 1 aromatic carbocycles. The maximum atomic E-state index is 11.0. The molecule has 0 saturated heterocycles. The highest BCUT2D eigenvalue weighted by molar-refractivity contribution is 5.90. The number of aromatic carboxylic acids is 1. The Morgan fingerprint density at radius 3 is 2.45 bits per heavy atom. The minimum absolute atomic E-state index is 0.160. The van der Waals surface area contributed by atoms with E-state index in [1.165, 1.54) is 6.07 Å². The highest BCUT2D eigenvalue weighted by Gasteiger charge is 2.09. The van der Waals surface area contributed by atoms with Gasteiger partial charge >= 0.3 is 5.97 Å². The molecule has 112 valence electrons. The Labute approximate surface area is 119 Å². The molecule has 0 aliphatic carbocycles. The molecule has 0 aliphatic heterocycles. The molecular weight excluding hydrogens is 260 g/mol. The van der Waals surface area contributed by atoms with Gasteiger partial charge < -0.3 is 19.3 Å². The highest BCUT2D eigenvalue weighted by atomic mass is 16.5. The van der Waals surface area contributed by atoms with Crippen LogP contribution in [0.3, 0.4) is 0 Å². The van der Waals surface area contributed by atoms with Gasteiger partial charge in [0.05, 0.1) is 19.8 Å². The molecule has 0 saturated carbocycles. The average Bonchev–Trinajstić information content (AvgIpc) is 2.41. The maximum absolute atomic E-state index is 11.0. The van der Waals surface area contributed by atoms with Gasteiger partial charge in [0.15, 0.2) is 0 Å². The Kier molecular flexibility index (Phi) is 7.69. The molecule has 0 bridgehead atoms. The smallest absolute Gasteiger partial charge is 0.339 e. The first-order valence-corrected chi connectivity index (χ1v) is 6.72. The molecule has 0 unspecified atom stereocenters. The van der Waals surface area contributed by atoms with Crippen LogP contribution in [0.4, 0.5) is 0 Å². The van der Waals surface area contributed by atoms with Gasteiger partial charge in [0, 0.05) is 6.61 Å². The number of hydrogen-bond donors (Lipinski definition) is 1. The van der Waals surface area contributed by atoms with Gasteiger partial charge in [0.25, 0.3) is 0 Å². The Morgan fingerprint density at radius 2 is 1.75 bits per heavy atom. The standard InChI is InChI=1S/C15H22O5/c1-12(2)11-19-8-7-18-9-10-20-14-6-4-3-5-13(14)15(16)17/h3-6,12H,7-11H2,1-2H3,(H,16,17). The number of carbonyl (C=O) groups is 1. The van der Waals surface area contributed by atoms with Gasteiger partial charge in [-0.3, -0.25) is 0 Å². The van der Waals surface area contributed by atoms with E-state index in [1.807, 2.05) is 0 Å². The minimum atomic E-state index is -0.997. The summed E-state index contributed by atoms with van der Waals surface area (Å²) >= 11 is 0. The molecule has 20 heavy (non-hydrogen) atoms. The van der Waals surface area contributed by atoms with Gasteiger partial charge in [0.2, 0.25) is 0 Å². The number of carboxylic acid groups (broad SMARTS) is 1. The number of carboxylic acids is 1. The summed E-state index contributed by atoms with van der Waals surface area (Å²) in [5.74, 6) is -0.117. The molecule has 1 N–H and O–H groups in total. The van der Waals surface area contributed by atoms with Crippen molar-refractivity contribution in [3.8, 4) is 5.75 Å². The zero-order valence-electron chi connectivity index (χ0n) is 12.0. The highest BCUT2D eigenvalue weighted by Crippen LogP contribution is 2.17. The quantitative estimate of drug-likeness (QED) is 0.668. The van der Waals surface area contributed by atoms with Crippen molar-refractivity contribution in [1.29, 1.82) is 0 Å². The van der Waals surface area contributed by atoms with Gasteiger partial charge in [0.1, 0.15) is 17.9 Å². The predicted octanol–water partition coefficient (Wildman–Crippen LogP) is 2.45. The van der Waals surface area contributed by atoms with Gasteiger partial charge in [-0.2, -0.15) is 0 Å². The van der Waals surface area contributed by atoms with Crippen LogP contribution >= 0.6 is 0 Å². The molecule has 5 heteroatoms. The first kappa shape index (κ1) is 16.5. The lowest BCUT2D eigenvalue weighted by molar-refractivity contribution is 0.0280. The zero-order chi connectivity index (χ0) is 14.8. The van der Waals surface area contributed by atoms with E-state index in [9.17, 15) is 4.79 Å². The lowest BCUT2D eigenvalue weighted by atomic mass is 10.2. The van der Waals surface area contributed by atoms with Crippen molar-refractivity contribution in [3.63, 3.8) is 0 Å². The Balaban J connectivity index is 2.14. The fourth-order valence-electron chi connectivity index (χ4n) is 1.52. The summed E-state index contributed by atoms with van der Waals surface area (Å²) in [6.07, 6.45) is 0. The van der Waals surface area contributed by atoms with Crippen molar-refractivity contribution in [1.82, 2.24) is 0 Å². The summed E-state index contributed by atoms with van der Waals surface area (Å²) in [7, 11) is 0. The third-order valence-corrected chi connectivity index (χ3v) is 2.43. The van der Waals surface area contributed by atoms with E-state index in [0.29, 0.717) is 38.1 Å². The largest absolute Gasteiger partial charge is 0.490 e. The number of para-hydroxylation sites is 1. The Bertz CT molecular complexity index is 403. The van der Waals surface area contributed by atoms with Gasteiger partial charge in [-0.1, -0.05) is 26.0 Å². The zero-order valence-corrected chi connectivity index (χ0v) is 12.0. The summed E-state index contributed by atoms with van der Waals surface area (Å²) in [5, 5.41) is 8.98. The van der Waals surface area contributed by atoms with Gasteiger partial charge in [-0.05, 0) is 18.1 Å². The predicted molar refractivity (Wildman–Crippen MR) is 75.4 cm³/mol. The SMILES string of the molecule is CC(C)COCCOCCOc1ccccc1C(=O)O. The lowest BCUT2D eigenvalue weighted by Crippen LogP contribution is -2.13. The molecule has 0 atom stereocenters. The van der Waals surface area contributed by atoms with Gasteiger partial charge in [-0.25, -0.2) is 4.79 Å². The van der Waals surface area contributed by atoms with Crippen molar-refractivity contribution in [2.75, 3.05) is 33.0 Å². The first-order valence-electron chi connectivity index (χ1n) is 6.72. The van der Waals surface area contributed by atoms with Crippen LogP contribution in [0.1, 0.15) is 24.2 Å². The molecule has 0 aromatic heterocycles. The average molecular weight is 282 g/mol. The number of benzene rings is 1. The van der Waals surface area contributed by atoms with Crippen LogP contribution < -0.4 is 4.74 Å². The van der Waals surface area contributed by atoms with E-state index in [1.54, 1.807) is 18.2 Å². The van der Waals surface area contributed by atoms with Crippen molar-refractivity contribution >= 4 is 5.97 Å². The lowest BCUT2D eigenvalue weighted by Gasteiger charge is -2.10. The summed E-state index contributed by atoms with van der Waals surface area (Å²) in [5.41, 5.74) is 0.160. The van der Waals surface area contributed by atoms with Crippen LogP contribution in [-0.4, -0.2) is 44.1 Å². The van der Waals surface area contributed by atoms with Crippen molar-refractivity contribution < 1.29 is 24.1 Å². The number of hydrogen-bond acceptors (Lipinski definition) is 4. The van der Waals surface area contributed by atoms with E-state index in [4.69, 9.17) is 19.3 Å². The fraction of sp³-hybridized carbons (Fsp3) is 0.533. The van der Waals surface area contributed by atoms with Crippen molar-refractivity contribution in [2.24, 2.45) is 5.92 Å². The molecular formula is C15H22O5. The van der Waals surface area contributed by atoms with Crippen molar-refractivity contribution in [2.45, 2.75) is 13.8 Å². The second kappa shape index (κ2) is 9.34. The fourth-order valence-corrected chi connectivity index (χ4v) is 1.52. The third kappa shape index (κ3) is 6.54. The van der Waals surface area contributed by atoms with Crippen LogP contribution in [0.5, 0.6) is 5.75 Å². The van der Waals surface area contributed by atoms with E-state index >= 15 is 0 Å². The van der Waals surface area contributed by atoms with Crippen LogP contribution in [0.25, 0.3) is 0 Å². The van der Waals surface area contributed by atoms with Crippen LogP contribution in [0.2, 0.25) is 0 Å². The van der Waals surface area contributed by atoms with Crippen molar-refractivity contribution in [3.05, 3.63) is 29.8 Å². The summed E-state index contributed by atoms with van der Waals surface area (Å²) in [6, 6.07) is 6.55. The second-order valence-electron chi connectivity index (χ2n) is 4.73. The normalized spacial score (nSPS) is 10.8. The van der Waals surface area contributed by atoms with E-state index < -0.39 is 5.97 Å². The number of rotatable bonds is 10. The Morgan fingerprint density at radius 1 is 1.10 bits per heavy atom. The van der Waals surface area contributed by atoms with E-state index in [2.05, 4.69) is 13.8 Å². The minimum Gasteiger partial charge on any atom is -0.490 e. The molecule has 0 spiro atoms. The molecule has 0 aliphatic rings. The van der Waals surface area contributed by atoms with Gasteiger partial charge in [-0.15, -0.1) is 0 Å².